The summed E-state index contributed by atoms with van der Waals surface area (Å²) in [6.45, 7) is 5.24. The molecule has 2 atom stereocenters. The van der Waals surface area contributed by atoms with Crippen LogP contribution in [0.1, 0.15) is 15.9 Å². The van der Waals surface area contributed by atoms with E-state index < -0.39 is 6.10 Å². The van der Waals surface area contributed by atoms with Gasteiger partial charge in [0.2, 0.25) is 0 Å². The number of para-hydroxylation sites is 2. The van der Waals surface area contributed by atoms with Crippen LogP contribution < -0.4 is 9.47 Å². The molecule has 0 amide bonds. The van der Waals surface area contributed by atoms with E-state index in [9.17, 15) is 9.90 Å². The van der Waals surface area contributed by atoms with E-state index in [2.05, 4.69) is 0 Å². The monoisotopic (exact) mass is 458 g/mol. The lowest BCUT2D eigenvalue weighted by Gasteiger charge is -2.42. The van der Waals surface area contributed by atoms with Crippen molar-refractivity contribution in [1.29, 1.82) is 0 Å². The van der Waals surface area contributed by atoms with Gasteiger partial charge in [0.25, 0.3) is 0 Å². The van der Waals surface area contributed by atoms with Crippen LogP contribution in [-0.4, -0.2) is 87.5 Å². The molecule has 8 nitrogen and oxygen atoms in total. The number of aliphatic hydroxyl groups excluding tert-OH is 1. The summed E-state index contributed by atoms with van der Waals surface area (Å²) in [6, 6.07) is 15.0. The van der Waals surface area contributed by atoms with Gasteiger partial charge in [0.15, 0.2) is 17.6 Å². The molecule has 2 aliphatic rings. The van der Waals surface area contributed by atoms with Gasteiger partial charge >= 0.3 is 5.97 Å². The Kier molecular flexibility index (Phi) is 7.82. The zero-order valence-corrected chi connectivity index (χ0v) is 19.0. The molecule has 0 aromatic heterocycles. The van der Waals surface area contributed by atoms with E-state index >= 15 is 0 Å². The van der Waals surface area contributed by atoms with Gasteiger partial charge in [0.1, 0.15) is 38.9 Å². The van der Waals surface area contributed by atoms with Crippen molar-refractivity contribution >= 4 is 5.97 Å². The SMILES string of the molecule is COC(=O)c1ccc(C[N+]2(C[C@H](O)COC[C@H]3COc4ccccc4O3)CCOCC2)cc1. The third-order valence-corrected chi connectivity index (χ3v) is 6.09. The predicted octanol–water partition coefficient (Wildman–Crippen LogP) is 2.04. The van der Waals surface area contributed by atoms with Crippen LogP contribution in [-0.2, 0) is 20.8 Å². The molecule has 178 valence electrons. The van der Waals surface area contributed by atoms with E-state index in [1.54, 1.807) is 12.1 Å². The Morgan fingerprint density at radius 2 is 1.85 bits per heavy atom. The highest BCUT2D eigenvalue weighted by molar-refractivity contribution is 5.89. The summed E-state index contributed by atoms with van der Waals surface area (Å²) in [5, 5.41) is 10.8. The maximum atomic E-state index is 11.7. The quantitative estimate of drug-likeness (QED) is 0.455. The zero-order chi connectivity index (χ0) is 23.1. The van der Waals surface area contributed by atoms with Crippen LogP contribution in [0.15, 0.2) is 48.5 Å². The molecule has 2 aromatic carbocycles. The van der Waals surface area contributed by atoms with Gasteiger partial charge < -0.3 is 33.3 Å². The summed E-state index contributed by atoms with van der Waals surface area (Å²) in [5.74, 6) is 1.11. The number of quaternary nitrogens is 1. The van der Waals surface area contributed by atoms with E-state index in [-0.39, 0.29) is 18.7 Å². The summed E-state index contributed by atoms with van der Waals surface area (Å²) in [6.07, 6.45) is -0.818. The molecule has 0 spiro atoms. The second-order valence-corrected chi connectivity index (χ2v) is 8.62. The van der Waals surface area contributed by atoms with Crippen molar-refractivity contribution in [2.24, 2.45) is 0 Å². The fraction of sp³-hybridized carbons (Fsp3) is 0.480. The molecule has 0 unspecified atom stereocenters. The average Bonchev–Trinajstić information content (AvgIpc) is 2.84. The maximum Gasteiger partial charge on any atom is 0.337 e. The van der Waals surface area contributed by atoms with Crippen molar-refractivity contribution < 1.29 is 38.1 Å². The molecule has 0 radical (unpaired) electrons. The number of aliphatic hydroxyl groups is 1. The Hall–Kier alpha value is -2.65. The molecule has 8 heteroatoms. The first-order chi connectivity index (χ1) is 16.1. The first-order valence-corrected chi connectivity index (χ1v) is 11.3. The summed E-state index contributed by atoms with van der Waals surface area (Å²) in [7, 11) is 1.37. The lowest BCUT2D eigenvalue weighted by molar-refractivity contribution is -0.950. The molecule has 0 bridgehead atoms. The number of nitrogens with zero attached hydrogens (tertiary/aromatic N) is 1. The molecule has 33 heavy (non-hydrogen) atoms. The minimum absolute atomic E-state index is 0.202. The maximum absolute atomic E-state index is 11.7. The van der Waals surface area contributed by atoms with Crippen molar-refractivity contribution in [3.8, 4) is 11.5 Å². The van der Waals surface area contributed by atoms with Crippen molar-refractivity contribution in [3.05, 3.63) is 59.7 Å². The molecule has 1 fully saturated rings. The van der Waals surface area contributed by atoms with Gasteiger partial charge in [0, 0.05) is 5.56 Å². The fourth-order valence-corrected chi connectivity index (χ4v) is 4.37. The zero-order valence-electron chi connectivity index (χ0n) is 19.0. The van der Waals surface area contributed by atoms with Crippen LogP contribution in [0, 0.1) is 0 Å². The molecular weight excluding hydrogens is 426 g/mol. The third kappa shape index (κ3) is 6.23. The third-order valence-electron chi connectivity index (χ3n) is 6.09. The molecule has 2 aromatic rings. The number of rotatable bonds is 9. The summed E-state index contributed by atoms with van der Waals surface area (Å²) >= 11 is 0. The van der Waals surface area contributed by atoms with Gasteiger partial charge in [-0.2, -0.15) is 0 Å². The predicted molar refractivity (Wildman–Crippen MR) is 120 cm³/mol. The fourth-order valence-electron chi connectivity index (χ4n) is 4.37. The standard InChI is InChI=1S/C25H32NO7/c1-29-25(28)20-8-6-19(7-9-20)14-26(10-12-30-13-11-26)15-21(27)16-31-17-22-18-32-23-4-2-3-5-24(23)33-22/h2-9,21-22,27H,10-18H2,1H3/q+1/t21-,22-/m0/s1. The van der Waals surface area contributed by atoms with E-state index in [4.69, 9.17) is 23.7 Å². The molecule has 1 saturated heterocycles. The minimum Gasteiger partial charge on any atom is -0.486 e. The van der Waals surface area contributed by atoms with Crippen molar-refractivity contribution in [1.82, 2.24) is 0 Å². The van der Waals surface area contributed by atoms with E-state index in [1.807, 2.05) is 36.4 Å². The van der Waals surface area contributed by atoms with Crippen LogP contribution in [0.3, 0.4) is 0 Å². The summed E-state index contributed by atoms with van der Waals surface area (Å²) < 4.78 is 28.5. The van der Waals surface area contributed by atoms with Crippen molar-refractivity contribution in [2.75, 3.05) is 59.8 Å². The van der Waals surface area contributed by atoms with Gasteiger partial charge in [-0.15, -0.1) is 0 Å². The normalized spacial score (nSPS) is 20.1. The number of ether oxygens (including phenoxy) is 5. The number of carbonyl (C=O) groups is 1. The Labute approximate surface area is 194 Å². The second-order valence-electron chi connectivity index (χ2n) is 8.62. The molecule has 0 aliphatic carbocycles. The van der Waals surface area contributed by atoms with Crippen LogP contribution in [0.2, 0.25) is 0 Å². The topological polar surface area (TPSA) is 83.5 Å². The minimum atomic E-state index is -0.616. The number of carbonyl (C=O) groups excluding carboxylic acids is 1. The van der Waals surface area contributed by atoms with Crippen LogP contribution in [0.4, 0.5) is 0 Å². The van der Waals surface area contributed by atoms with Crippen molar-refractivity contribution in [3.63, 3.8) is 0 Å². The molecular formula is C25H32NO7+. The van der Waals surface area contributed by atoms with E-state index in [0.717, 1.165) is 30.9 Å². The van der Waals surface area contributed by atoms with Gasteiger partial charge in [-0.1, -0.05) is 24.3 Å². The summed E-state index contributed by atoms with van der Waals surface area (Å²) in [5.41, 5.74) is 1.63. The van der Waals surface area contributed by atoms with Gasteiger partial charge in [0.05, 0.1) is 39.1 Å². The first-order valence-electron chi connectivity index (χ1n) is 11.3. The van der Waals surface area contributed by atoms with Crippen LogP contribution >= 0.6 is 0 Å². The smallest absolute Gasteiger partial charge is 0.337 e. The second kappa shape index (κ2) is 11.0. The lowest BCUT2D eigenvalue weighted by Crippen LogP contribution is -2.58. The van der Waals surface area contributed by atoms with Crippen molar-refractivity contribution in [2.45, 2.75) is 18.8 Å². The largest absolute Gasteiger partial charge is 0.486 e. The Balaban J connectivity index is 1.29. The number of hydrogen-bond donors (Lipinski definition) is 1. The molecule has 0 saturated carbocycles. The Morgan fingerprint density at radius 1 is 1.12 bits per heavy atom. The average molecular weight is 459 g/mol. The van der Waals surface area contributed by atoms with Gasteiger partial charge in [-0.05, 0) is 24.3 Å². The number of morpholine rings is 1. The highest BCUT2D eigenvalue weighted by atomic mass is 16.6. The van der Waals surface area contributed by atoms with Gasteiger partial charge in [-0.25, -0.2) is 4.79 Å². The molecule has 4 rings (SSSR count). The molecule has 2 heterocycles. The number of fused-ring (bicyclic) bond motifs is 1. The molecule has 2 aliphatic heterocycles. The number of benzene rings is 2. The molecule has 1 N–H and O–H groups in total. The highest BCUT2D eigenvalue weighted by Gasteiger charge is 2.33. The number of esters is 1. The number of hydrogen-bond acceptors (Lipinski definition) is 7. The Bertz CT molecular complexity index is 911. The van der Waals surface area contributed by atoms with Crippen LogP contribution in [0.25, 0.3) is 0 Å². The Morgan fingerprint density at radius 3 is 2.58 bits per heavy atom. The first kappa shape index (κ1) is 23.5. The van der Waals surface area contributed by atoms with E-state index in [0.29, 0.717) is 48.8 Å². The highest BCUT2D eigenvalue weighted by Crippen LogP contribution is 2.30. The number of methoxy groups -OCH3 is 1. The van der Waals surface area contributed by atoms with Crippen LogP contribution in [0.5, 0.6) is 11.5 Å². The van der Waals surface area contributed by atoms with Gasteiger partial charge in [-0.3, -0.25) is 0 Å². The van der Waals surface area contributed by atoms with E-state index in [1.165, 1.54) is 7.11 Å². The summed E-state index contributed by atoms with van der Waals surface area (Å²) in [4.78, 5) is 11.7. The lowest BCUT2D eigenvalue weighted by atomic mass is 10.1.